The molecule has 0 fully saturated rings. The predicted molar refractivity (Wildman–Crippen MR) is 113 cm³/mol. The van der Waals surface area contributed by atoms with E-state index in [9.17, 15) is 25.0 Å². The Kier molecular flexibility index (Phi) is 5.49. The molecule has 4 rings (SSSR count). The monoisotopic (exact) mass is 441 g/mol. The number of nitrogens with zero attached hydrogens (tertiary/aromatic N) is 4. The molecule has 2 heterocycles. The van der Waals surface area contributed by atoms with E-state index in [0.717, 1.165) is 6.07 Å². The van der Waals surface area contributed by atoms with Gasteiger partial charge in [-0.2, -0.15) is 0 Å². The summed E-state index contributed by atoms with van der Waals surface area (Å²) in [5.41, 5.74) is 1.42. The Hall–Kier alpha value is -3.63. The fourth-order valence-corrected chi connectivity index (χ4v) is 3.71. The number of hydrogen-bond acceptors (Lipinski definition) is 7. The number of fused-ring (bicyclic) bond motifs is 1. The van der Waals surface area contributed by atoms with Crippen molar-refractivity contribution in [3.63, 3.8) is 0 Å². The zero-order valence-corrected chi connectivity index (χ0v) is 16.8. The van der Waals surface area contributed by atoms with Crippen LogP contribution >= 0.6 is 11.6 Å². The summed E-state index contributed by atoms with van der Waals surface area (Å²) in [6.45, 7) is 1.04. The van der Waals surface area contributed by atoms with Crippen LogP contribution in [0.5, 0.6) is 0 Å². The second-order valence-corrected chi connectivity index (χ2v) is 7.57. The van der Waals surface area contributed by atoms with Crippen LogP contribution in [0.15, 0.2) is 47.3 Å². The molecule has 0 aliphatic carbocycles. The molecule has 3 aromatic rings. The maximum Gasteiger partial charge on any atom is 0.280 e. The molecule has 1 aliphatic rings. The Bertz CT molecular complexity index is 1240. The van der Waals surface area contributed by atoms with Crippen LogP contribution in [0.2, 0.25) is 5.02 Å². The SMILES string of the molecule is O=c1[nH]c(-c2ccc(Cl)cc2)nc2c1CCN(Cc1ccc([N+](=O)[O-])cc1[N+](=O)[O-])C2. The molecule has 2 aromatic carbocycles. The first kappa shape index (κ1) is 20.6. The minimum Gasteiger partial charge on any atom is -0.306 e. The van der Waals surface area contributed by atoms with Gasteiger partial charge in [0.25, 0.3) is 16.9 Å². The molecule has 1 aliphatic heterocycles. The highest BCUT2D eigenvalue weighted by Crippen LogP contribution is 2.27. The first-order valence-corrected chi connectivity index (χ1v) is 9.71. The second-order valence-electron chi connectivity index (χ2n) is 7.13. The normalized spacial score (nSPS) is 13.6. The van der Waals surface area contributed by atoms with Crippen molar-refractivity contribution >= 4 is 23.0 Å². The molecule has 0 radical (unpaired) electrons. The average Bonchev–Trinajstić information content (AvgIpc) is 2.74. The number of aromatic nitrogens is 2. The summed E-state index contributed by atoms with van der Waals surface area (Å²) in [5.74, 6) is 0.420. The molecule has 1 N–H and O–H groups in total. The summed E-state index contributed by atoms with van der Waals surface area (Å²) in [6, 6.07) is 10.5. The summed E-state index contributed by atoms with van der Waals surface area (Å²) in [4.78, 5) is 42.9. The molecule has 0 atom stereocenters. The number of nitro benzene ring substituents is 2. The van der Waals surface area contributed by atoms with Crippen LogP contribution in [0.25, 0.3) is 11.4 Å². The van der Waals surface area contributed by atoms with Crippen molar-refractivity contribution in [2.75, 3.05) is 6.54 Å². The molecule has 1 aromatic heterocycles. The van der Waals surface area contributed by atoms with Gasteiger partial charge in [-0.3, -0.25) is 29.9 Å². The van der Waals surface area contributed by atoms with Crippen molar-refractivity contribution in [3.05, 3.63) is 94.9 Å². The van der Waals surface area contributed by atoms with Crippen molar-refractivity contribution in [1.29, 1.82) is 0 Å². The van der Waals surface area contributed by atoms with Gasteiger partial charge in [0, 0.05) is 47.4 Å². The predicted octanol–water partition coefficient (Wildman–Crippen LogP) is 3.47. The molecule has 31 heavy (non-hydrogen) atoms. The van der Waals surface area contributed by atoms with Gasteiger partial charge in [-0.05, 0) is 36.8 Å². The van der Waals surface area contributed by atoms with Gasteiger partial charge in [-0.15, -0.1) is 0 Å². The van der Waals surface area contributed by atoms with Crippen LogP contribution in [-0.2, 0) is 19.5 Å². The van der Waals surface area contributed by atoms with Crippen LogP contribution in [-0.4, -0.2) is 31.3 Å². The molecule has 0 saturated heterocycles. The standard InChI is InChI=1S/C20H16ClN5O5/c21-14-4-1-12(2-5-14)19-22-17-11-24(8-7-16(17)20(27)23-19)10-13-3-6-15(25(28)29)9-18(13)26(30)31/h1-6,9H,7-8,10-11H2,(H,22,23,27). The summed E-state index contributed by atoms with van der Waals surface area (Å²) in [5, 5.41) is 22.9. The van der Waals surface area contributed by atoms with E-state index in [1.165, 1.54) is 12.1 Å². The zero-order chi connectivity index (χ0) is 22.1. The molecule has 0 unspecified atom stereocenters. The number of halogens is 1. The van der Waals surface area contributed by atoms with Gasteiger partial charge in [-0.25, -0.2) is 4.98 Å². The van der Waals surface area contributed by atoms with Crippen molar-refractivity contribution < 1.29 is 9.85 Å². The van der Waals surface area contributed by atoms with Crippen molar-refractivity contribution in [2.45, 2.75) is 19.5 Å². The lowest BCUT2D eigenvalue weighted by Crippen LogP contribution is -2.35. The Labute approximate surface area is 180 Å². The van der Waals surface area contributed by atoms with E-state index in [1.54, 1.807) is 24.3 Å². The molecule has 11 heteroatoms. The van der Waals surface area contributed by atoms with E-state index < -0.39 is 9.85 Å². The minimum absolute atomic E-state index is 0.207. The molecular formula is C20H16ClN5O5. The molecule has 0 bridgehead atoms. The maximum absolute atomic E-state index is 12.5. The van der Waals surface area contributed by atoms with Crippen molar-refractivity contribution in [2.24, 2.45) is 0 Å². The molecule has 0 amide bonds. The van der Waals surface area contributed by atoms with E-state index in [4.69, 9.17) is 11.6 Å². The molecule has 0 spiro atoms. The molecular weight excluding hydrogens is 426 g/mol. The number of hydrogen-bond donors (Lipinski definition) is 1. The quantitative estimate of drug-likeness (QED) is 0.473. The number of non-ortho nitro benzene ring substituents is 1. The Balaban J connectivity index is 1.62. The van der Waals surface area contributed by atoms with E-state index in [-0.39, 0.29) is 23.5 Å². The topological polar surface area (TPSA) is 135 Å². The fraction of sp³-hybridized carbons (Fsp3) is 0.200. The smallest absolute Gasteiger partial charge is 0.280 e. The Morgan fingerprint density at radius 1 is 1.10 bits per heavy atom. The van der Waals surface area contributed by atoms with Gasteiger partial charge in [0.2, 0.25) is 0 Å². The number of nitro groups is 2. The van der Waals surface area contributed by atoms with Crippen LogP contribution in [0.3, 0.4) is 0 Å². The molecule has 158 valence electrons. The lowest BCUT2D eigenvalue weighted by molar-refractivity contribution is -0.394. The Morgan fingerprint density at radius 2 is 1.84 bits per heavy atom. The number of rotatable bonds is 5. The summed E-state index contributed by atoms with van der Waals surface area (Å²) in [6.07, 6.45) is 0.444. The fourth-order valence-electron chi connectivity index (χ4n) is 3.58. The van der Waals surface area contributed by atoms with Gasteiger partial charge in [0.15, 0.2) is 0 Å². The highest BCUT2D eigenvalue weighted by molar-refractivity contribution is 6.30. The number of nitrogens with one attached hydrogen (secondary N) is 1. The third-order valence-corrected chi connectivity index (χ3v) is 5.39. The second kappa shape index (κ2) is 8.25. The van der Waals surface area contributed by atoms with E-state index in [1.807, 2.05) is 4.90 Å². The lowest BCUT2D eigenvalue weighted by Gasteiger charge is -2.27. The Morgan fingerprint density at radius 3 is 2.52 bits per heavy atom. The molecule has 0 saturated carbocycles. The van der Waals surface area contributed by atoms with Crippen LogP contribution in [0.1, 0.15) is 16.8 Å². The first-order chi connectivity index (χ1) is 14.8. The lowest BCUT2D eigenvalue weighted by atomic mass is 10.0. The number of aromatic amines is 1. The third kappa shape index (κ3) is 4.30. The van der Waals surface area contributed by atoms with Crippen molar-refractivity contribution in [3.8, 4) is 11.4 Å². The van der Waals surface area contributed by atoms with Crippen molar-refractivity contribution in [1.82, 2.24) is 14.9 Å². The first-order valence-electron chi connectivity index (χ1n) is 9.34. The number of H-pyrrole nitrogens is 1. The zero-order valence-electron chi connectivity index (χ0n) is 16.1. The maximum atomic E-state index is 12.5. The largest absolute Gasteiger partial charge is 0.306 e. The average molecular weight is 442 g/mol. The summed E-state index contributed by atoms with van der Waals surface area (Å²) < 4.78 is 0. The molecule has 10 nitrogen and oxygen atoms in total. The van der Waals surface area contributed by atoms with Gasteiger partial charge in [0.05, 0.1) is 21.6 Å². The highest BCUT2D eigenvalue weighted by Gasteiger charge is 2.25. The summed E-state index contributed by atoms with van der Waals surface area (Å²) in [7, 11) is 0. The van der Waals surface area contributed by atoms with E-state index >= 15 is 0 Å². The van der Waals surface area contributed by atoms with E-state index in [2.05, 4.69) is 9.97 Å². The third-order valence-electron chi connectivity index (χ3n) is 5.14. The minimum atomic E-state index is -0.664. The van der Waals surface area contributed by atoms with Gasteiger partial charge < -0.3 is 4.98 Å². The van der Waals surface area contributed by atoms with E-state index in [0.29, 0.717) is 52.7 Å². The number of benzene rings is 2. The highest BCUT2D eigenvalue weighted by atomic mass is 35.5. The van der Waals surface area contributed by atoms with Gasteiger partial charge in [0.1, 0.15) is 5.82 Å². The van der Waals surface area contributed by atoms with Gasteiger partial charge in [-0.1, -0.05) is 11.6 Å². The van der Waals surface area contributed by atoms with Crippen LogP contribution in [0, 0.1) is 20.2 Å². The summed E-state index contributed by atoms with van der Waals surface area (Å²) >= 11 is 5.92. The van der Waals surface area contributed by atoms with Crippen LogP contribution in [0.4, 0.5) is 11.4 Å². The van der Waals surface area contributed by atoms with Crippen LogP contribution < -0.4 is 5.56 Å². The van der Waals surface area contributed by atoms with Gasteiger partial charge >= 0.3 is 0 Å².